The molecule has 112 valence electrons. The Morgan fingerprint density at radius 2 is 2.00 bits per heavy atom. The number of rotatable bonds is 3. The molecule has 0 bridgehead atoms. The first kappa shape index (κ1) is 15.2. The summed E-state index contributed by atoms with van der Waals surface area (Å²) < 4.78 is 32.1. The van der Waals surface area contributed by atoms with Gasteiger partial charge in [0.05, 0.1) is 11.7 Å². The highest BCUT2D eigenvalue weighted by molar-refractivity contribution is 5.96. The van der Waals surface area contributed by atoms with Crippen molar-refractivity contribution in [2.24, 2.45) is 0 Å². The van der Waals surface area contributed by atoms with Gasteiger partial charge in [0.25, 0.3) is 5.91 Å². The van der Waals surface area contributed by atoms with E-state index in [0.717, 1.165) is 18.2 Å². The average molecular weight is 294 g/mol. The third-order valence-corrected chi connectivity index (χ3v) is 3.56. The summed E-state index contributed by atoms with van der Waals surface area (Å²) in [5, 5.41) is 3.73. The fourth-order valence-electron chi connectivity index (χ4n) is 2.18. The molecule has 2 aromatic rings. The Hall–Kier alpha value is -2.24. The van der Waals surface area contributed by atoms with Gasteiger partial charge in [0.2, 0.25) is 0 Å². The molecule has 0 spiro atoms. The van der Waals surface area contributed by atoms with Crippen LogP contribution in [0, 0.1) is 25.5 Å². The topological polar surface area (TPSA) is 46.3 Å². The quantitative estimate of drug-likeness (QED) is 0.871. The lowest BCUT2D eigenvalue weighted by molar-refractivity contribution is 0.0737. The van der Waals surface area contributed by atoms with Gasteiger partial charge in [-0.1, -0.05) is 5.16 Å². The molecule has 0 aliphatic carbocycles. The zero-order valence-electron chi connectivity index (χ0n) is 12.3. The first-order valence-corrected chi connectivity index (χ1v) is 6.48. The lowest BCUT2D eigenvalue weighted by Gasteiger charge is -2.25. The van der Waals surface area contributed by atoms with Crippen molar-refractivity contribution >= 4 is 5.91 Å². The fraction of sp³-hybridized carbons (Fsp3) is 0.333. The van der Waals surface area contributed by atoms with E-state index in [2.05, 4.69) is 5.16 Å². The van der Waals surface area contributed by atoms with Crippen molar-refractivity contribution in [1.82, 2.24) is 10.1 Å². The summed E-state index contributed by atoms with van der Waals surface area (Å²) in [5.74, 6) is -1.04. The Kier molecular flexibility index (Phi) is 4.06. The highest BCUT2D eigenvalue weighted by atomic mass is 19.1. The van der Waals surface area contributed by atoms with Gasteiger partial charge in [-0.2, -0.15) is 0 Å². The van der Waals surface area contributed by atoms with Crippen LogP contribution in [0.2, 0.25) is 0 Å². The van der Waals surface area contributed by atoms with Crippen LogP contribution in [0.4, 0.5) is 8.78 Å². The Balaban J connectivity index is 2.33. The Labute approximate surface area is 121 Å². The second kappa shape index (κ2) is 5.63. The fourth-order valence-corrected chi connectivity index (χ4v) is 2.18. The number of benzene rings is 1. The maximum Gasteiger partial charge on any atom is 0.259 e. The summed E-state index contributed by atoms with van der Waals surface area (Å²) in [6, 6.07) is 2.57. The SMILES string of the molecule is Cc1noc(C)c1C(=O)N(C)C(C)c1cc(F)ccc1F. The van der Waals surface area contributed by atoms with Crippen LogP contribution in [0.1, 0.15) is 40.3 Å². The standard InChI is InChI=1S/C15H16F2N2O2/c1-8-14(10(3)21-18-8)15(20)19(4)9(2)12-7-11(16)5-6-13(12)17/h5-7,9H,1-4H3. The van der Waals surface area contributed by atoms with Crippen molar-refractivity contribution < 1.29 is 18.1 Å². The molecule has 0 saturated heterocycles. The van der Waals surface area contributed by atoms with Crippen LogP contribution >= 0.6 is 0 Å². The molecule has 0 saturated carbocycles. The maximum atomic E-state index is 13.8. The molecule has 0 aliphatic heterocycles. The van der Waals surface area contributed by atoms with E-state index in [1.54, 1.807) is 20.8 Å². The molecular formula is C15H16F2N2O2. The van der Waals surface area contributed by atoms with Gasteiger partial charge >= 0.3 is 0 Å². The zero-order valence-corrected chi connectivity index (χ0v) is 12.3. The summed E-state index contributed by atoms with van der Waals surface area (Å²) >= 11 is 0. The number of carbonyl (C=O) groups is 1. The van der Waals surface area contributed by atoms with Crippen LogP contribution in [-0.4, -0.2) is 23.0 Å². The van der Waals surface area contributed by atoms with Gasteiger partial charge < -0.3 is 9.42 Å². The van der Waals surface area contributed by atoms with Gasteiger partial charge in [0.15, 0.2) is 0 Å². The lowest BCUT2D eigenvalue weighted by Crippen LogP contribution is -2.31. The van der Waals surface area contributed by atoms with E-state index in [1.165, 1.54) is 11.9 Å². The van der Waals surface area contributed by atoms with E-state index in [-0.39, 0.29) is 11.5 Å². The van der Waals surface area contributed by atoms with E-state index in [1.807, 2.05) is 0 Å². The number of nitrogens with zero attached hydrogens (tertiary/aromatic N) is 2. The predicted molar refractivity (Wildman–Crippen MR) is 72.8 cm³/mol. The molecule has 0 aliphatic rings. The van der Waals surface area contributed by atoms with Crippen molar-refractivity contribution in [1.29, 1.82) is 0 Å². The molecule has 1 heterocycles. The molecule has 0 radical (unpaired) electrons. The van der Waals surface area contributed by atoms with Crippen LogP contribution in [0.3, 0.4) is 0 Å². The second-order valence-electron chi connectivity index (χ2n) is 4.96. The smallest absolute Gasteiger partial charge is 0.259 e. The monoisotopic (exact) mass is 294 g/mol. The van der Waals surface area contributed by atoms with Crippen LogP contribution in [0.5, 0.6) is 0 Å². The number of carbonyl (C=O) groups excluding carboxylic acids is 1. The Morgan fingerprint density at radius 1 is 1.33 bits per heavy atom. The minimum atomic E-state index is -0.623. The van der Waals surface area contributed by atoms with E-state index < -0.39 is 17.7 Å². The molecule has 1 atom stereocenters. The van der Waals surface area contributed by atoms with Crippen molar-refractivity contribution in [2.45, 2.75) is 26.8 Å². The number of aromatic nitrogens is 1. The predicted octanol–water partition coefficient (Wildman–Crippen LogP) is 3.40. The minimum Gasteiger partial charge on any atom is -0.361 e. The number of halogens is 2. The normalized spacial score (nSPS) is 12.3. The second-order valence-corrected chi connectivity index (χ2v) is 4.96. The molecular weight excluding hydrogens is 278 g/mol. The van der Waals surface area contributed by atoms with Gasteiger partial charge in [-0.25, -0.2) is 8.78 Å². The molecule has 6 heteroatoms. The first-order chi connectivity index (χ1) is 9.82. The summed E-state index contributed by atoms with van der Waals surface area (Å²) in [6.07, 6.45) is 0. The Bertz CT molecular complexity index is 663. The van der Waals surface area contributed by atoms with E-state index >= 15 is 0 Å². The number of amides is 1. The third kappa shape index (κ3) is 2.79. The van der Waals surface area contributed by atoms with Crippen LogP contribution in [0.25, 0.3) is 0 Å². The summed E-state index contributed by atoms with van der Waals surface area (Å²) in [7, 11) is 1.53. The van der Waals surface area contributed by atoms with Gasteiger partial charge in [-0.15, -0.1) is 0 Å². The third-order valence-electron chi connectivity index (χ3n) is 3.56. The maximum absolute atomic E-state index is 13.8. The highest BCUT2D eigenvalue weighted by Crippen LogP contribution is 2.25. The largest absolute Gasteiger partial charge is 0.361 e. The molecule has 2 rings (SSSR count). The van der Waals surface area contributed by atoms with Crippen molar-refractivity contribution in [2.75, 3.05) is 7.05 Å². The van der Waals surface area contributed by atoms with Gasteiger partial charge in [-0.05, 0) is 39.0 Å². The van der Waals surface area contributed by atoms with Crippen LogP contribution in [0.15, 0.2) is 22.7 Å². The molecule has 0 N–H and O–H groups in total. The number of hydrogen-bond donors (Lipinski definition) is 0. The molecule has 1 aromatic carbocycles. The van der Waals surface area contributed by atoms with Crippen molar-refractivity contribution in [3.05, 3.63) is 52.4 Å². The van der Waals surface area contributed by atoms with Gasteiger partial charge in [0, 0.05) is 12.6 Å². The number of hydrogen-bond acceptors (Lipinski definition) is 3. The zero-order chi connectivity index (χ0) is 15.7. The van der Waals surface area contributed by atoms with E-state index in [9.17, 15) is 13.6 Å². The van der Waals surface area contributed by atoms with Crippen LogP contribution in [-0.2, 0) is 0 Å². The molecule has 1 unspecified atom stereocenters. The molecule has 0 fully saturated rings. The molecule has 1 amide bonds. The summed E-state index contributed by atoms with van der Waals surface area (Å²) in [4.78, 5) is 13.8. The molecule has 4 nitrogen and oxygen atoms in total. The summed E-state index contributed by atoms with van der Waals surface area (Å²) in [6.45, 7) is 4.92. The minimum absolute atomic E-state index is 0.123. The van der Waals surface area contributed by atoms with E-state index in [4.69, 9.17) is 4.52 Å². The van der Waals surface area contributed by atoms with Crippen LogP contribution < -0.4 is 0 Å². The average Bonchev–Trinajstić information content (AvgIpc) is 2.78. The number of aryl methyl sites for hydroxylation is 2. The van der Waals surface area contributed by atoms with Gasteiger partial charge in [0.1, 0.15) is 23.0 Å². The van der Waals surface area contributed by atoms with E-state index in [0.29, 0.717) is 17.0 Å². The molecule has 21 heavy (non-hydrogen) atoms. The molecule has 1 aromatic heterocycles. The lowest BCUT2D eigenvalue weighted by atomic mass is 10.0. The Morgan fingerprint density at radius 3 is 2.57 bits per heavy atom. The highest BCUT2D eigenvalue weighted by Gasteiger charge is 2.26. The van der Waals surface area contributed by atoms with Crippen molar-refractivity contribution in [3.63, 3.8) is 0 Å². The summed E-state index contributed by atoms with van der Waals surface area (Å²) in [5.41, 5.74) is 0.940. The van der Waals surface area contributed by atoms with Crippen molar-refractivity contribution in [3.8, 4) is 0 Å². The first-order valence-electron chi connectivity index (χ1n) is 6.48. The van der Waals surface area contributed by atoms with Gasteiger partial charge in [-0.3, -0.25) is 4.79 Å².